The van der Waals surface area contributed by atoms with Crippen molar-refractivity contribution in [2.45, 2.75) is 45.4 Å². The van der Waals surface area contributed by atoms with E-state index in [9.17, 15) is 9.59 Å². The molecule has 1 amide bonds. The topological polar surface area (TPSA) is 94.3 Å². The monoisotopic (exact) mass is 279 g/mol. The molecule has 0 aliphatic rings. The summed E-state index contributed by atoms with van der Waals surface area (Å²) in [5.74, 6) is -0.889. The molecule has 0 radical (unpaired) electrons. The summed E-state index contributed by atoms with van der Waals surface area (Å²) in [5, 5.41) is 2.63. The van der Waals surface area contributed by atoms with Gasteiger partial charge in [0, 0.05) is 6.20 Å². The molecule has 1 atom stereocenters. The third-order valence-corrected chi connectivity index (χ3v) is 2.31. The number of nitrogens with one attached hydrogen (secondary N) is 1. The second-order valence-corrected chi connectivity index (χ2v) is 5.44. The van der Waals surface area contributed by atoms with Crippen LogP contribution in [0.1, 0.15) is 32.9 Å². The van der Waals surface area contributed by atoms with Crippen molar-refractivity contribution in [1.29, 1.82) is 0 Å². The molecule has 6 nitrogen and oxygen atoms in total. The number of hydrogen-bond donors (Lipinski definition) is 2. The van der Waals surface area contributed by atoms with Gasteiger partial charge in [0.2, 0.25) is 5.91 Å². The summed E-state index contributed by atoms with van der Waals surface area (Å²) in [6.45, 7) is 5.56. The van der Waals surface area contributed by atoms with Crippen molar-refractivity contribution < 1.29 is 14.3 Å². The molecule has 0 saturated carbocycles. The molecule has 20 heavy (non-hydrogen) atoms. The van der Waals surface area contributed by atoms with Crippen LogP contribution in [0.5, 0.6) is 0 Å². The molecule has 110 valence electrons. The predicted octanol–water partition coefficient (Wildman–Crippen LogP) is 0.757. The normalized spacial score (nSPS) is 12.6. The van der Waals surface area contributed by atoms with Crippen molar-refractivity contribution in [3.63, 3.8) is 0 Å². The van der Waals surface area contributed by atoms with Crippen LogP contribution in [-0.2, 0) is 20.9 Å². The van der Waals surface area contributed by atoms with Crippen LogP contribution in [0, 0.1) is 0 Å². The smallest absolute Gasteiger partial charge is 0.308 e. The first-order chi connectivity index (χ1) is 9.28. The molecule has 1 aromatic heterocycles. The van der Waals surface area contributed by atoms with Gasteiger partial charge >= 0.3 is 5.97 Å². The summed E-state index contributed by atoms with van der Waals surface area (Å²) in [5.41, 5.74) is 5.81. The third-order valence-electron chi connectivity index (χ3n) is 2.31. The maximum atomic E-state index is 11.7. The summed E-state index contributed by atoms with van der Waals surface area (Å²) in [6.07, 6.45) is 1.49. The summed E-state index contributed by atoms with van der Waals surface area (Å²) in [4.78, 5) is 27.4. The Labute approximate surface area is 118 Å². The number of nitrogens with two attached hydrogens (primary N) is 1. The van der Waals surface area contributed by atoms with Crippen molar-refractivity contribution in [2.24, 2.45) is 5.73 Å². The van der Waals surface area contributed by atoms with Crippen LogP contribution >= 0.6 is 0 Å². The lowest BCUT2D eigenvalue weighted by Crippen LogP contribution is -2.42. The zero-order valence-electron chi connectivity index (χ0n) is 12.1. The molecule has 1 heterocycles. The van der Waals surface area contributed by atoms with E-state index in [4.69, 9.17) is 10.5 Å². The lowest BCUT2D eigenvalue weighted by atomic mass is 10.1. The van der Waals surface area contributed by atoms with Crippen LogP contribution in [-0.4, -0.2) is 28.5 Å². The van der Waals surface area contributed by atoms with Gasteiger partial charge in [-0.2, -0.15) is 0 Å². The van der Waals surface area contributed by atoms with Gasteiger partial charge in [0.05, 0.1) is 24.7 Å². The Balaban J connectivity index is 2.38. The number of rotatable bonds is 5. The van der Waals surface area contributed by atoms with Crippen LogP contribution in [0.25, 0.3) is 0 Å². The van der Waals surface area contributed by atoms with Gasteiger partial charge < -0.3 is 15.8 Å². The molecule has 1 rings (SSSR count). The van der Waals surface area contributed by atoms with E-state index in [2.05, 4.69) is 10.3 Å². The fourth-order valence-electron chi connectivity index (χ4n) is 1.47. The van der Waals surface area contributed by atoms with Gasteiger partial charge in [0.25, 0.3) is 0 Å². The van der Waals surface area contributed by atoms with Crippen LogP contribution in [0.4, 0.5) is 0 Å². The summed E-state index contributed by atoms with van der Waals surface area (Å²) in [6, 6.07) is 4.49. The molecule has 0 aliphatic carbocycles. The molecular formula is C14H21N3O3. The van der Waals surface area contributed by atoms with Crippen molar-refractivity contribution in [1.82, 2.24) is 10.3 Å². The Morgan fingerprint density at radius 1 is 1.40 bits per heavy atom. The molecule has 0 aromatic carbocycles. The fourth-order valence-corrected chi connectivity index (χ4v) is 1.47. The summed E-state index contributed by atoms with van der Waals surface area (Å²) >= 11 is 0. The van der Waals surface area contributed by atoms with Gasteiger partial charge in [-0.1, -0.05) is 6.07 Å². The van der Waals surface area contributed by atoms with E-state index in [1.807, 2.05) is 6.07 Å². The van der Waals surface area contributed by atoms with E-state index in [0.717, 1.165) is 5.69 Å². The second kappa shape index (κ2) is 7.00. The Kier molecular flexibility index (Phi) is 5.64. The van der Waals surface area contributed by atoms with E-state index < -0.39 is 23.5 Å². The van der Waals surface area contributed by atoms with Crippen molar-refractivity contribution >= 4 is 11.9 Å². The van der Waals surface area contributed by atoms with Gasteiger partial charge in [0.1, 0.15) is 5.60 Å². The van der Waals surface area contributed by atoms with Crippen LogP contribution in [0.3, 0.4) is 0 Å². The van der Waals surface area contributed by atoms with E-state index in [1.165, 1.54) is 0 Å². The zero-order chi connectivity index (χ0) is 15.2. The van der Waals surface area contributed by atoms with Gasteiger partial charge in [-0.25, -0.2) is 0 Å². The summed E-state index contributed by atoms with van der Waals surface area (Å²) in [7, 11) is 0. The van der Waals surface area contributed by atoms with Gasteiger partial charge in [-0.15, -0.1) is 0 Å². The average Bonchev–Trinajstić information content (AvgIpc) is 2.34. The first-order valence-electron chi connectivity index (χ1n) is 6.43. The number of pyridine rings is 1. The highest BCUT2D eigenvalue weighted by Gasteiger charge is 2.22. The average molecular weight is 279 g/mol. The molecule has 0 aliphatic heterocycles. The summed E-state index contributed by atoms with van der Waals surface area (Å²) < 4.78 is 5.11. The first-order valence-corrected chi connectivity index (χ1v) is 6.43. The standard InChI is InChI=1S/C14H21N3O3/c1-14(2,3)20-12(18)8-11(15)13(19)17-9-10-6-4-5-7-16-10/h4-7,11H,8-9,15H2,1-3H3,(H,17,19). The van der Waals surface area contributed by atoms with Crippen molar-refractivity contribution in [3.8, 4) is 0 Å². The Morgan fingerprint density at radius 3 is 2.65 bits per heavy atom. The van der Waals surface area contributed by atoms with E-state index in [0.29, 0.717) is 0 Å². The quantitative estimate of drug-likeness (QED) is 0.776. The van der Waals surface area contributed by atoms with Gasteiger partial charge in [0.15, 0.2) is 0 Å². The number of amides is 1. The van der Waals surface area contributed by atoms with E-state index in [1.54, 1.807) is 39.1 Å². The number of nitrogens with zero attached hydrogens (tertiary/aromatic N) is 1. The second-order valence-electron chi connectivity index (χ2n) is 5.44. The fraction of sp³-hybridized carbons (Fsp3) is 0.500. The molecule has 0 bridgehead atoms. The molecule has 0 spiro atoms. The first kappa shape index (κ1) is 16.1. The Morgan fingerprint density at radius 2 is 2.10 bits per heavy atom. The predicted molar refractivity (Wildman–Crippen MR) is 74.5 cm³/mol. The maximum absolute atomic E-state index is 11.7. The minimum absolute atomic E-state index is 0.147. The highest BCUT2D eigenvalue weighted by atomic mass is 16.6. The number of carbonyl (C=O) groups is 2. The largest absolute Gasteiger partial charge is 0.460 e. The highest BCUT2D eigenvalue weighted by molar-refractivity contribution is 5.86. The zero-order valence-corrected chi connectivity index (χ0v) is 12.1. The number of hydrogen-bond acceptors (Lipinski definition) is 5. The lowest BCUT2D eigenvalue weighted by molar-refractivity contribution is -0.156. The maximum Gasteiger partial charge on any atom is 0.308 e. The number of esters is 1. The molecule has 1 aromatic rings. The van der Waals surface area contributed by atoms with Gasteiger partial charge in [-0.3, -0.25) is 14.6 Å². The molecular weight excluding hydrogens is 258 g/mol. The van der Waals surface area contributed by atoms with E-state index >= 15 is 0 Å². The number of carbonyl (C=O) groups excluding carboxylic acids is 2. The number of aromatic nitrogens is 1. The van der Waals surface area contributed by atoms with Crippen molar-refractivity contribution in [2.75, 3.05) is 0 Å². The number of ether oxygens (including phenoxy) is 1. The molecule has 3 N–H and O–H groups in total. The minimum Gasteiger partial charge on any atom is -0.460 e. The molecule has 1 unspecified atom stereocenters. The van der Waals surface area contributed by atoms with Crippen LogP contribution in [0.15, 0.2) is 24.4 Å². The van der Waals surface area contributed by atoms with Gasteiger partial charge in [-0.05, 0) is 32.9 Å². The third kappa shape index (κ3) is 6.29. The SMILES string of the molecule is CC(C)(C)OC(=O)CC(N)C(=O)NCc1ccccn1. The molecule has 0 fully saturated rings. The Hall–Kier alpha value is -1.95. The van der Waals surface area contributed by atoms with Crippen LogP contribution < -0.4 is 11.1 Å². The molecule has 6 heteroatoms. The lowest BCUT2D eigenvalue weighted by Gasteiger charge is -2.20. The minimum atomic E-state index is -0.923. The molecule has 0 saturated heterocycles. The van der Waals surface area contributed by atoms with Crippen LogP contribution in [0.2, 0.25) is 0 Å². The van der Waals surface area contributed by atoms with Crippen molar-refractivity contribution in [3.05, 3.63) is 30.1 Å². The highest BCUT2D eigenvalue weighted by Crippen LogP contribution is 2.08. The van der Waals surface area contributed by atoms with E-state index in [-0.39, 0.29) is 13.0 Å². The Bertz CT molecular complexity index is 454.